The Morgan fingerprint density at radius 3 is 1.50 bits per heavy atom. The minimum absolute atomic E-state index is 0.211. The van der Waals surface area contributed by atoms with Gasteiger partial charge >= 0.3 is 0 Å². The Morgan fingerprint density at radius 2 is 1.30 bits per heavy atom. The van der Waals surface area contributed by atoms with Gasteiger partial charge in [-0.25, -0.2) is 0 Å². The first-order valence-electron chi connectivity index (χ1n) is 3.50. The van der Waals surface area contributed by atoms with Gasteiger partial charge in [-0.3, -0.25) is 10.2 Å². The Bertz CT molecular complexity index is 77.8. The van der Waals surface area contributed by atoms with E-state index in [4.69, 9.17) is 0 Å². The molecule has 0 amide bonds. The number of hydrogen-bond donors (Lipinski definition) is 2. The predicted molar refractivity (Wildman–Crippen MR) is 44.6 cm³/mol. The Labute approximate surface area is 63.6 Å². The summed E-state index contributed by atoms with van der Waals surface area (Å²) in [6, 6.07) is 0.421. The smallest absolute Gasteiger partial charge is 0.231 e. The SMILES string of the molecule is CC(C)NP(F)NC(C)C. The van der Waals surface area contributed by atoms with Gasteiger partial charge in [0.1, 0.15) is 0 Å². The molecule has 62 valence electrons. The van der Waals surface area contributed by atoms with Crippen molar-refractivity contribution in [1.82, 2.24) is 10.2 Å². The molecule has 0 rings (SSSR count). The molecule has 0 heterocycles. The summed E-state index contributed by atoms with van der Waals surface area (Å²) >= 11 is 0. The van der Waals surface area contributed by atoms with Crippen LogP contribution in [0.3, 0.4) is 0 Å². The van der Waals surface area contributed by atoms with E-state index in [0.717, 1.165) is 0 Å². The topological polar surface area (TPSA) is 24.1 Å². The molecule has 0 fully saturated rings. The van der Waals surface area contributed by atoms with Crippen molar-refractivity contribution in [1.29, 1.82) is 0 Å². The van der Waals surface area contributed by atoms with E-state index in [1.54, 1.807) is 0 Å². The molecule has 0 aromatic heterocycles. The van der Waals surface area contributed by atoms with E-state index >= 15 is 0 Å². The first-order chi connectivity index (χ1) is 4.52. The van der Waals surface area contributed by atoms with E-state index in [2.05, 4.69) is 10.2 Å². The summed E-state index contributed by atoms with van der Waals surface area (Å²) in [6.45, 7) is 7.71. The molecule has 0 aromatic rings. The Hall–Kier alpha value is 0.280. The average molecular weight is 166 g/mol. The summed E-state index contributed by atoms with van der Waals surface area (Å²) in [5.41, 5.74) is 0. The third-order valence-corrected chi connectivity index (χ3v) is 2.23. The summed E-state index contributed by atoms with van der Waals surface area (Å²) in [5, 5.41) is 5.52. The molecule has 0 radical (unpaired) electrons. The summed E-state index contributed by atoms with van der Waals surface area (Å²) in [6.07, 6.45) is 0. The van der Waals surface area contributed by atoms with Gasteiger partial charge < -0.3 is 0 Å². The van der Waals surface area contributed by atoms with Crippen LogP contribution in [0.5, 0.6) is 0 Å². The summed E-state index contributed by atoms with van der Waals surface area (Å²) in [7, 11) is -1.66. The lowest BCUT2D eigenvalue weighted by Gasteiger charge is -2.15. The van der Waals surface area contributed by atoms with Crippen molar-refractivity contribution in [3.05, 3.63) is 0 Å². The van der Waals surface area contributed by atoms with Gasteiger partial charge in [0.25, 0.3) is 0 Å². The third-order valence-electron chi connectivity index (χ3n) is 0.743. The lowest BCUT2D eigenvalue weighted by atomic mass is 10.4. The van der Waals surface area contributed by atoms with Crippen molar-refractivity contribution in [3.8, 4) is 0 Å². The van der Waals surface area contributed by atoms with Crippen molar-refractivity contribution >= 4 is 8.53 Å². The van der Waals surface area contributed by atoms with Crippen LogP contribution in [0.4, 0.5) is 4.20 Å². The lowest BCUT2D eigenvalue weighted by molar-refractivity contribution is 0.662. The monoisotopic (exact) mass is 166 g/mol. The summed E-state index contributed by atoms with van der Waals surface area (Å²) < 4.78 is 12.7. The molecule has 0 spiro atoms. The van der Waals surface area contributed by atoms with Crippen LogP contribution in [0.15, 0.2) is 0 Å². The van der Waals surface area contributed by atoms with E-state index in [-0.39, 0.29) is 12.1 Å². The van der Waals surface area contributed by atoms with Crippen molar-refractivity contribution < 1.29 is 4.20 Å². The highest BCUT2D eigenvalue weighted by atomic mass is 31.2. The average Bonchev–Trinajstić information content (AvgIpc) is 1.58. The molecule has 0 saturated heterocycles. The van der Waals surface area contributed by atoms with Crippen molar-refractivity contribution in [2.24, 2.45) is 0 Å². The third kappa shape index (κ3) is 6.40. The molecule has 0 atom stereocenters. The van der Waals surface area contributed by atoms with Crippen LogP contribution in [0.2, 0.25) is 0 Å². The van der Waals surface area contributed by atoms with Gasteiger partial charge in [0.05, 0.1) is 0 Å². The van der Waals surface area contributed by atoms with E-state index in [9.17, 15) is 4.20 Å². The van der Waals surface area contributed by atoms with E-state index in [1.165, 1.54) is 0 Å². The van der Waals surface area contributed by atoms with Gasteiger partial charge in [0, 0.05) is 12.1 Å². The van der Waals surface area contributed by atoms with Crippen molar-refractivity contribution in [3.63, 3.8) is 0 Å². The van der Waals surface area contributed by atoms with Gasteiger partial charge in [-0.05, 0) is 27.7 Å². The minimum atomic E-state index is -1.66. The second-order valence-electron chi connectivity index (χ2n) is 2.85. The molecule has 2 nitrogen and oxygen atoms in total. The molecule has 0 aliphatic carbocycles. The zero-order valence-corrected chi connectivity index (χ0v) is 7.87. The molecule has 0 bridgehead atoms. The second kappa shape index (κ2) is 5.00. The molecule has 2 N–H and O–H groups in total. The quantitative estimate of drug-likeness (QED) is 0.625. The molecule has 0 aromatic carbocycles. The molecule has 0 aliphatic heterocycles. The van der Waals surface area contributed by atoms with Crippen LogP contribution < -0.4 is 10.2 Å². The lowest BCUT2D eigenvalue weighted by Crippen LogP contribution is -2.26. The maximum absolute atomic E-state index is 12.7. The first-order valence-corrected chi connectivity index (χ1v) is 4.74. The van der Waals surface area contributed by atoms with Crippen LogP contribution in [-0.4, -0.2) is 12.1 Å². The van der Waals surface area contributed by atoms with Crippen LogP contribution in [-0.2, 0) is 0 Å². The zero-order valence-electron chi connectivity index (χ0n) is 6.98. The van der Waals surface area contributed by atoms with E-state index in [1.807, 2.05) is 27.7 Å². The number of nitrogens with one attached hydrogen (secondary N) is 2. The molecule has 0 aliphatic rings. The first kappa shape index (κ1) is 10.3. The summed E-state index contributed by atoms with van der Waals surface area (Å²) in [5.74, 6) is 0. The van der Waals surface area contributed by atoms with Crippen LogP contribution in [0.1, 0.15) is 27.7 Å². The molecule has 4 heteroatoms. The van der Waals surface area contributed by atoms with E-state index < -0.39 is 8.53 Å². The zero-order chi connectivity index (χ0) is 8.15. The van der Waals surface area contributed by atoms with Crippen LogP contribution in [0, 0.1) is 0 Å². The molecular weight excluding hydrogens is 150 g/mol. The number of rotatable bonds is 4. The van der Waals surface area contributed by atoms with Gasteiger partial charge in [-0.2, -0.15) is 4.20 Å². The van der Waals surface area contributed by atoms with Crippen LogP contribution in [0.25, 0.3) is 0 Å². The largest absolute Gasteiger partial charge is 0.254 e. The second-order valence-corrected chi connectivity index (χ2v) is 3.93. The van der Waals surface area contributed by atoms with Gasteiger partial charge in [-0.15, -0.1) is 0 Å². The van der Waals surface area contributed by atoms with Crippen LogP contribution >= 0.6 is 8.53 Å². The normalized spacial score (nSPS) is 12.0. The van der Waals surface area contributed by atoms with Gasteiger partial charge in [0.2, 0.25) is 8.53 Å². The molecule has 10 heavy (non-hydrogen) atoms. The maximum atomic E-state index is 12.7. The van der Waals surface area contributed by atoms with E-state index in [0.29, 0.717) is 0 Å². The van der Waals surface area contributed by atoms with Crippen molar-refractivity contribution in [2.45, 2.75) is 39.8 Å². The fourth-order valence-corrected chi connectivity index (χ4v) is 1.47. The highest BCUT2D eigenvalue weighted by Crippen LogP contribution is 2.27. The molecule has 0 saturated carbocycles. The highest BCUT2D eigenvalue weighted by Gasteiger charge is 2.08. The minimum Gasteiger partial charge on any atom is -0.254 e. The Morgan fingerprint density at radius 1 is 1.00 bits per heavy atom. The number of hydrogen-bond acceptors (Lipinski definition) is 2. The molecular formula is C6H16FN2P. The van der Waals surface area contributed by atoms with Gasteiger partial charge in [-0.1, -0.05) is 0 Å². The standard InChI is InChI=1S/C6H16FN2P/c1-5(2)8-10(7)9-6(3)4/h5-6,8-9H,1-4H3. The van der Waals surface area contributed by atoms with Gasteiger partial charge in [0.15, 0.2) is 0 Å². The fraction of sp³-hybridized carbons (Fsp3) is 1.00. The number of halogens is 1. The summed E-state index contributed by atoms with van der Waals surface area (Å²) in [4.78, 5) is 0. The predicted octanol–water partition coefficient (Wildman–Crippen LogP) is 2.18. The Balaban J connectivity index is 3.34. The maximum Gasteiger partial charge on any atom is 0.231 e. The fourth-order valence-electron chi connectivity index (χ4n) is 0.491. The Kier molecular flexibility index (Phi) is 5.14. The van der Waals surface area contributed by atoms with Crippen molar-refractivity contribution in [2.75, 3.05) is 0 Å². The highest BCUT2D eigenvalue weighted by molar-refractivity contribution is 7.47. The molecule has 0 unspecified atom stereocenters.